The highest BCUT2D eigenvalue weighted by Crippen LogP contribution is 2.34. The molecule has 0 amide bonds. The SMILES string of the molecule is COc1ccc(C(Br)Cc2ccccc2)cc1OC. The molecule has 0 saturated heterocycles. The van der Waals surface area contributed by atoms with E-state index in [1.54, 1.807) is 14.2 Å². The van der Waals surface area contributed by atoms with Crippen LogP contribution < -0.4 is 9.47 Å². The van der Waals surface area contributed by atoms with Crippen LogP contribution in [0.3, 0.4) is 0 Å². The fourth-order valence-electron chi connectivity index (χ4n) is 1.99. The van der Waals surface area contributed by atoms with E-state index in [4.69, 9.17) is 9.47 Å². The molecule has 2 aromatic rings. The van der Waals surface area contributed by atoms with Gasteiger partial charge in [0.25, 0.3) is 0 Å². The number of methoxy groups -OCH3 is 2. The van der Waals surface area contributed by atoms with Crippen LogP contribution in [-0.2, 0) is 6.42 Å². The molecule has 0 aliphatic carbocycles. The van der Waals surface area contributed by atoms with Gasteiger partial charge in [-0.15, -0.1) is 0 Å². The molecule has 0 saturated carbocycles. The molecule has 3 heteroatoms. The molecule has 0 radical (unpaired) electrons. The Kier molecular flexibility index (Phi) is 4.86. The lowest BCUT2D eigenvalue weighted by atomic mass is 10.0. The van der Waals surface area contributed by atoms with Crippen LogP contribution in [0.25, 0.3) is 0 Å². The smallest absolute Gasteiger partial charge is 0.161 e. The van der Waals surface area contributed by atoms with Crippen molar-refractivity contribution in [3.63, 3.8) is 0 Å². The van der Waals surface area contributed by atoms with Crippen LogP contribution in [0.15, 0.2) is 48.5 Å². The highest BCUT2D eigenvalue weighted by Gasteiger charge is 2.12. The van der Waals surface area contributed by atoms with Crippen molar-refractivity contribution in [2.24, 2.45) is 0 Å². The maximum Gasteiger partial charge on any atom is 0.161 e. The van der Waals surface area contributed by atoms with Gasteiger partial charge in [-0.1, -0.05) is 52.3 Å². The van der Waals surface area contributed by atoms with Crippen molar-refractivity contribution in [1.29, 1.82) is 0 Å². The van der Waals surface area contributed by atoms with Crippen LogP contribution in [0.4, 0.5) is 0 Å². The molecular formula is C16H17BrO2. The van der Waals surface area contributed by atoms with Gasteiger partial charge in [-0.3, -0.25) is 0 Å². The summed E-state index contributed by atoms with van der Waals surface area (Å²) in [6.45, 7) is 0. The van der Waals surface area contributed by atoms with Gasteiger partial charge in [-0.2, -0.15) is 0 Å². The van der Waals surface area contributed by atoms with E-state index in [0.29, 0.717) is 0 Å². The molecule has 0 bridgehead atoms. The van der Waals surface area contributed by atoms with Crippen molar-refractivity contribution < 1.29 is 9.47 Å². The maximum absolute atomic E-state index is 5.33. The van der Waals surface area contributed by atoms with Gasteiger partial charge in [0.1, 0.15) is 0 Å². The van der Waals surface area contributed by atoms with Crippen molar-refractivity contribution in [3.05, 3.63) is 59.7 Å². The van der Waals surface area contributed by atoms with E-state index in [-0.39, 0.29) is 4.83 Å². The van der Waals surface area contributed by atoms with Gasteiger partial charge in [0, 0.05) is 4.83 Å². The van der Waals surface area contributed by atoms with Crippen LogP contribution in [0.2, 0.25) is 0 Å². The Morgan fingerprint density at radius 2 is 1.63 bits per heavy atom. The largest absolute Gasteiger partial charge is 0.493 e. The number of halogens is 1. The zero-order valence-electron chi connectivity index (χ0n) is 11.1. The average molecular weight is 321 g/mol. The average Bonchev–Trinajstić information content (AvgIpc) is 2.47. The third kappa shape index (κ3) is 3.51. The van der Waals surface area contributed by atoms with E-state index in [1.165, 1.54) is 11.1 Å². The van der Waals surface area contributed by atoms with Crippen molar-refractivity contribution in [1.82, 2.24) is 0 Å². The third-order valence-electron chi connectivity index (χ3n) is 3.03. The Morgan fingerprint density at radius 3 is 2.26 bits per heavy atom. The molecule has 0 aliphatic rings. The van der Waals surface area contributed by atoms with Gasteiger partial charge in [0.15, 0.2) is 11.5 Å². The van der Waals surface area contributed by atoms with Gasteiger partial charge in [-0.25, -0.2) is 0 Å². The molecule has 0 aliphatic heterocycles. The Morgan fingerprint density at radius 1 is 0.947 bits per heavy atom. The lowest BCUT2D eigenvalue weighted by Crippen LogP contribution is -1.97. The van der Waals surface area contributed by atoms with Gasteiger partial charge in [0.2, 0.25) is 0 Å². The topological polar surface area (TPSA) is 18.5 Å². The molecule has 0 fully saturated rings. The number of rotatable bonds is 5. The summed E-state index contributed by atoms with van der Waals surface area (Å²) in [5.41, 5.74) is 2.49. The molecule has 2 nitrogen and oxygen atoms in total. The molecule has 0 aromatic heterocycles. The zero-order chi connectivity index (χ0) is 13.7. The van der Waals surface area contributed by atoms with Gasteiger partial charge >= 0.3 is 0 Å². The summed E-state index contributed by atoms with van der Waals surface area (Å²) in [5, 5.41) is 0. The fourth-order valence-corrected chi connectivity index (χ4v) is 2.65. The van der Waals surface area contributed by atoms with E-state index in [0.717, 1.165) is 17.9 Å². The molecule has 0 N–H and O–H groups in total. The molecule has 0 spiro atoms. The Hall–Kier alpha value is -1.48. The molecule has 2 rings (SSSR count). The van der Waals surface area contributed by atoms with Crippen LogP contribution in [0.1, 0.15) is 16.0 Å². The molecule has 100 valence electrons. The summed E-state index contributed by atoms with van der Waals surface area (Å²) in [4.78, 5) is 0.259. The van der Waals surface area contributed by atoms with Crippen LogP contribution in [-0.4, -0.2) is 14.2 Å². The molecular weight excluding hydrogens is 304 g/mol. The Bertz CT molecular complexity index is 526. The van der Waals surface area contributed by atoms with Crippen molar-refractivity contribution in [2.45, 2.75) is 11.2 Å². The number of hydrogen-bond acceptors (Lipinski definition) is 2. The monoisotopic (exact) mass is 320 g/mol. The summed E-state index contributed by atoms with van der Waals surface area (Å²) >= 11 is 3.74. The zero-order valence-corrected chi connectivity index (χ0v) is 12.7. The molecule has 1 unspecified atom stereocenters. The van der Waals surface area contributed by atoms with Crippen molar-refractivity contribution >= 4 is 15.9 Å². The predicted octanol–water partition coefficient (Wildman–Crippen LogP) is 4.38. The van der Waals surface area contributed by atoms with E-state index in [9.17, 15) is 0 Å². The lowest BCUT2D eigenvalue weighted by molar-refractivity contribution is 0.354. The number of benzene rings is 2. The standard InChI is InChI=1S/C16H17BrO2/c1-18-15-9-8-13(11-16(15)19-2)14(17)10-12-6-4-3-5-7-12/h3-9,11,14H,10H2,1-2H3. The van der Waals surface area contributed by atoms with E-state index < -0.39 is 0 Å². The summed E-state index contributed by atoms with van der Waals surface area (Å²) < 4.78 is 10.6. The Labute approximate surface area is 122 Å². The predicted molar refractivity (Wildman–Crippen MR) is 81.4 cm³/mol. The highest BCUT2D eigenvalue weighted by molar-refractivity contribution is 9.09. The van der Waals surface area contributed by atoms with E-state index >= 15 is 0 Å². The molecule has 0 heterocycles. The highest BCUT2D eigenvalue weighted by atomic mass is 79.9. The second-order valence-corrected chi connectivity index (χ2v) is 5.38. The lowest BCUT2D eigenvalue weighted by Gasteiger charge is -2.14. The van der Waals surface area contributed by atoms with Crippen LogP contribution in [0.5, 0.6) is 11.5 Å². The fraction of sp³-hybridized carbons (Fsp3) is 0.250. The van der Waals surface area contributed by atoms with Crippen LogP contribution in [0, 0.1) is 0 Å². The second kappa shape index (κ2) is 6.62. The molecule has 19 heavy (non-hydrogen) atoms. The Balaban J connectivity index is 2.17. The normalized spacial score (nSPS) is 11.9. The number of ether oxygens (including phenoxy) is 2. The first-order chi connectivity index (χ1) is 9.24. The van der Waals surface area contributed by atoms with E-state index in [1.807, 2.05) is 18.2 Å². The van der Waals surface area contributed by atoms with Crippen LogP contribution >= 0.6 is 15.9 Å². The van der Waals surface area contributed by atoms with Gasteiger partial charge in [0.05, 0.1) is 14.2 Å². The summed E-state index contributed by atoms with van der Waals surface area (Å²) in [6.07, 6.45) is 0.941. The third-order valence-corrected chi connectivity index (χ3v) is 3.88. The summed E-state index contributed by atoms with van der Waals surface area (Å²) in [6, 6.07) is 16.4. The first-order valence-corrected chi connectivity index (χ1v) is 7.06. The second-order valence-electron chi connectivity index (χ2n) is 4.27. The first-order valence-electron chi connectivity index (χ1n) is 6.14. The summed E-state index contributed by atoms with van der Waals surface area (Å²) in [7, 11) is 3.30. The molecule has 1 atom stereocenters. The quantitative estimate of drug-likeness (QED) is 0.761. The minimum atomic E-state index is 0.259. The van der Waals surface area contributed by atoms with Gasteiger partial charge < -0.3 is 9.47 Å². The first kappa shape index (κ1) is 13.9. The minimum Gasteiger partial charge on any atom is -0.493 e. The van der Waals surface area contributed by atoms with Crippen molar-refractivity contribution in [3.8, 4) is 11.5 Å². The van der Waals surface area contributed by atoms with Gasteiger partial charge in [-0.05, 0) is 29.7 Å². The number of hydrogen-bond donors (Lipinski definition) is 0. The minimum absolute atomic E-state index is 0.259. The van der Waals surface area contributed by atoms with Crippen molar-refractivity contribution in [2.75, 3.05) is 14.2 Å². The number of alkyl halides is 1. The maximum atomic E-state index is 5.33. The molecule has 2 aromatic carbocycles. The summed E-state index contributed by atoms with van der Waals surface area (Å²) in [5.74, 6) is 1.52. The van der Waals surface area contributed by atoms with E-state index in [2.05, 4.69) is 46.3 Å².